The highest BCUT2D eigenvalue weighted by Crippen LogP contribution is 2.33. The minimum absolute atomic E-state index is 0.472. The quantitative estimate of drug-likeness (QED) is 0.398. The Hall–Kier alpha value is -3.72. The first-order valence-corrected chi connectivity index (χ1v) is 12.9. The zero-order chi connectivity index (χ0) is 24.5. The van der Waals surface area contributed by atoms with Gasteiger partial charge in [-0.1, -0.05) is 37.1 Å². The van der Waals surface area contributed by atoms with Gasteiger partial charge in [0, 0.05) is 56.2 Å². The summed E-state index contributed by atoms with van der Waals surface area (Å²) in [5.74, 6) is 1.56. The molecule has 1 saturated heterocycles. The lowest BCUT2D eigenvalue weighted by molar-refractivity contribution is 0.311. The summed E-state index contributed by atoms with van der Waals surface area (Å²) in [6.07, 6.45) is 8.76. The highest BCUT2D eigenvalue weighted by molar-refractivity contribution is 5.84. The predicted octanol–water partition coefficient (Wildman–Crippen LogP) is 3.95. The molecule has 3 N–H and O–H groups in total. The normalized spacial score (nSPS) is 17.2. The van der Waals surface area contributed by atoms with Gasteiger partial charge in [0.2, 0.25) is 5.95 Å². The van der Waals surface area contributed by atoms with Crippen molar-refractivity contribution in [3.63, 3.8) is 0 Å². The number of hydrogen-bond acceptors (Lipinski definition) is 8. The molecule has 9 nitrogen and oxygen atoms in total. The van der Waals surface area contributed by atoms with Gasteiger partial charge in [0.15, 0.2) is 17.0 Å². The van der Waals surface area contributed by atoms with Crippen molar-refractivity contribution in [1.29, 1.82) is 0 Å². The van der Waals surface area contributed by atoms with Crippen molar-refractivity contribution in [3.8, 4) is 11.3 Å². The number of anilines is 3. The molecule has 4 heterocycles. The Morgan fingerprint density at radius 2 is 1.78 bits per heavy atom. The minimum Gasteiger partial charge on any atom is -0.398 e. The summed E-state index contributed by atoms with van der Waals surface area (Å²) in [6, 6.07) is 12.4. The van der Waals surface area contributed by atoms with Crippen LogP contribution in [0.5, 0.6) is 0 Å². The maximum atomic E-state index is 6.13. The van der Waals surface area contributed by atoms with Gasteiger partial charge in [0.1, 0.15) is 0 Å². The summed E-state index contributed by atoms with van der Waals surface area (Å²) in [5.41, 5.74) is 11.5. The Morgan fingerprint density at radius 3 is 2.53 bits per heavy atom. The molecule has 4 aromatic rings. The summed E-state index contributed by atoms with van der Waals surface area (Å²) >= 11 is 0. The average Bonchev–Trinajstić information content (AvgIpc) is 3.58. The molecule has 0 spiro atoms. The van der Waals surface area contributed by atoms with Crippen molar-refractivity contribution in [1.82, 2.24) is 29.4 Å². The van der Waals surface area contributed by atoms with Crippen molar-refractivity contribution < 1.29 is 0 Å². The molecule has 36 heavy (non-hydrogen) atoms. The molecular formula is C27H33N9. The van der Waals surface area contributed by atoms with E-state index in [0.29, 0.717) is 12.6 Å². The van der Waals surface area contributed by atoms with Gasteiger partial charge in [-0.25, -0.2) is 4.98 Å². The molecule has 3 aromatic heterocycles. The van der Waals surface area contributed by atoms with Gasteiger partial charge in [-0.2, -0.15) is 9.97 Å². The van der Waals surface area contributed by atoms with Gasteiger partial charge in [0.05, 0.1) is 12.0 Å². The zero-order valence-corrected chi connectivity index (χ0v) is 20.8. The summed E-state index contributed by atoms with van der Waals surface area (Å²) in [7, 11) is 2.16. The number of aromatic nitrogens is 5. The van der Waals surface area contributed by atoms with E-state index in [1.54, 1.807) is 0 Å². The fourth-order valence-electron chi connectivity index (χ4n) is 5.23. The van der Waals surface area contributed by atoms with Crippen molar-refractivity contribution >= 4 is 28.6 Å². The Bertz CT molecular complexity index is 1330. The lowest BCUT2D eigenvalue weighted by Gasteiger charge is -2.32. The molecule has 1 aliphatic heterocycles. The van der Waals surface area contributed by atoms with E-state index in [0.717, 1.165) is 71.6 Å². The number of likely N-dealkylation sites (N-methyl/N-ethyl adjacent to an activating group) is 1. The third kappa shape index (κ3) is 4.46. The molecule has 0 radical (unpaired) electrons. The van der Waals surface area contributed by atoms with Crippen LogP contribution in [0.4, 0.5) is 17.5 Å². The van der Waals surface area contributed by atoms with E-state index in [1.165, 1.54) is 25.7 Å². The molecule has 6 rings (SSSR count). The van der Waals surface area contributed by atoms with E-state index in [2.05, 4.69) is 37.8 Å². The monoisotopic (exact) mass is 483 g/mol. The average molecular weight is 484 g/mol. The van der Waals surface area contributed by atoms with E-state index in [1.807, 2.05) is 42.9 Å². The van der Waals surface area contributed by atoms with Gasteiger partial charge in [-0.3, -0.25) is 4.98 Å². The minimum atomic E-state index is 0.472. The van der Waals surface area contributed by atoms with Gasteiger partial charge in [-0.05, 0) is 37.6 Å². The summed E-state index contributed by atoms with van der Waals surface area (Å²) in [5, 5.41) is 3.54. The van der Waals surface area contributed by atoms with Crippen molar-refractivity contribution in [3.05, 3.63) is 54.5 Å². The number of nitrogens with one attached hydrogen (secondary N) is 1. The summed E-state index contributed by atoms with van der Waals surface area (Å²) in [4.78, 5) is 24.0. The number of nitrogens with zero attached hydrogens (tertiary/aromatic N) is 7. The standard InChI is InChI=1S/C27H33N9/c1-34-12-14-35(15-13-34)27-32-25(24-26(33-27)36(18-31-24)20-6-2-3-7-20)30-17-19-10-11-23(29-16-19)21-8-4-5-9-22(21)28/h4-5,8-11,16,18,20H,2-3,6-7,12-15,17,28H2,1H3,(H,30,32,33). The summed E-state index contributed by atoms with van der Waals surface area (Å²) < 4.78 is 2.27. The number of imidazole rings is 1. The smallest absolute Gasteiger partial charge is 0.229 e. The van der Waals surface area contributed by atoms with Crippen LogP contribution in [0.1, 0.15) is 37.3 Å². The third-order valence-corrected chi connectivity index (χ3v) is 7.44. The Kier molecular flexibility index (Phi) is 6.14. The Morgan fingerprint density at radius 1 is 0.972 bits per heavy atom. The molecular weight excluding hydrogens is 450 g/mol. The maximum Gasteiger partial charge on any atom is 0.229 e. The van der Waals surface area contributed by atoms with Gasteiger partial charge in [-0.15, -0.1) is 0 Å². The van der Waals surface area contributed by atoms with Crippen molar-refractivity contribution in [2.24, 2.45) is 0 Å². The first kappa shape index (κ1) is 22.7. The Labute approximate surface area is 211 Å². The van der Waals surface area contributed by atoms with Gasteiger partial charge in [0.25, 0.3) is 0 Å². The molecule has 0 bridgehead atoms. The molecule has 1 saturated carbocycles. The second-order valence-electron chi connectivity index (χ2n) is 9.92. The number of pyridine rings is 1. The third-order valence-electron chi connectivity index (χ3n) is 7.44. The van der Waals surface area contributed by atoms with Crippen molar-refractivity contribution in [2.75, 3.05) is 49.2 Å². The molecule has 0 unspecified atom stereocenters. The van der Waals surface area contributed by atoms with Crippen molar-refractivity contribution in [2.45, 2.75) is 38.3 Å². The molecule has 2 aliphatic rings. The largest absolute Gasteiger partial charge is 0.398 e. The number of nitrogen functional groups attached to an aromatic ring is 1. The van der Waals surface area contributed by atoms with Crippen LogP contribution in [0.25, 0.3) is 22.4 Å². The highest BCUT2D eigenvalue weighted by atomic mass is 15.3. The Balaban J connectivity index is 1.28. The van der Waals surface area contributed by atoms with E-state index in [4.69, 9.17) is 20.7 Å². The number of benzene rings is 1. The van der Waals surface area contributed by atoms with Crippen LogP contribution in [0.3, 0.4) is 0 Å². The molecule has 186 valence electrons. The van der Waals surface area contributed by atoms with Crippen LogP contribution in [-0.4, -0.2) is 62.6 Å². The molecule has 0 atom stereocenters. The molecule has 2 fully saturated rings. The number of hydrogen-bond donors (Lipinski definition) is 2. The SMILES string of the molecule is CN1CCN(c2nc(NCc3ccc(-c4ccccc4N)nc3)c3ncn(C4CCCC4)c3n2)CC1. The molecule has 1 aliphatic carbocycles. The van der Waals surface area contributed by atoms with Crippen LogP contribution < -0.4 is 16.0 Å². The molecule has 1 aromatic carbocycles. The fraction of sp³-hybridized carbons (Fsp3) is 0.407. The van der Waals surface area contributed by atoms with Crippen LogP contribution in [0.15, 0.2) is 48.9 Å². The second-order valence-corrected chi connectivity index (χ2v) is 9.92. The lowest BCUT2D eigenvalue weighted by atomic mass is 10.1. The topological polar surface area (TPSA) is 101 Å². The molecule has 9 heteroatoms. The number of para-hydroxylation sites is 1. The van der Waals surface area contributed by atoms with Crippen LogP contribution >= 0.6 is 0 Å². The van der Waals surface area contributed by atoms with E-state index in [9.17, 15) is 0 Å². The van der Waals surface area contributed by atoms with E-state index < -0.39 is 0 Å². The number of rotatable bonds is 6. The lowest BCUT2D eigenvalue weighted by Crippen LogP contribution is -2.45. The maximum absolute atomic E-state index is 6.13. The van der Waals surface area contributed by atoms with E-state index >= 15 is 0 Å². The zero-order valence-electron chi connectivity index (χ0n) is 20.8. The number of nitrogens with two attached hydrogens (primary N) is 1. The fourth-order valence-corrected chi connectivity index (χ4v) is 5.23. The van der Waals surface area contributed by atoms with Crippen LogP contribution in [0.2, 0.25) is 0 Å². The van der Waals surface area contributed by atoms with Gasteiger partial charge >= 0.3 is 0 Å². The van der Waals surface area contributed by atoms with Gasteiger partial charge < -0.3 is 25.4 Å². The predicted molar refractivity (Wildman–Crippen MR) is 144 cm³/mol. The highest BCUT2D eigenvalue weighted by Gasteiger charge is 2.24. The summed E-state index contributed by atoms with van der Waals surface area (Å²) in [6.45, 7) is 4.47. The first-order chi connectivity index (χ1) is 17.7. The van der Waals surface area contributed by atoms with Crippen LogP contribution in [-0.2, 0) is 6.54 Å². The van der Waals surface area contributed by atoms with E-state index in [-0.39, 0.29) is 0 Å². The second kappa shape index (κ2) is 9.73. The molecule has 0 amide bonds. The number of fused-ring (bicyclic) bond motifs is 1. The van der Waals surface area contributed by atoms with Crippen LogP contribution in [0, 0.1) is 0 Å². The first-order valence-electron chi connectivity index (χ1n) is 12.9. The number of piperazine rings is 1.